The highest BCUT2D eigenvalue weighted by molar-refractivity contribution is 5.95. The summed E-state index contributed by atoms with van der Waals surface area (Å²) in [5.74, 6) is 1.45. The first-order valence-corrected chi connectivity index (χ1v) is 6.84. The minimum atomic E-state index is -0.0924. The Morgan fingerprint density at radius 2 is 1.86 bits per heavy atom. The van der Waals surface area contributed by atoms with E-state index in [9.17, 15) is 9.90 Å². The molecule has 1 saturated heterocycles. The third kappa shape index (κ3) is 3.05. The lowest BCUT2D eigenvalue weighted by Crippen LogP contribution is -2.29. The Bertz CT molecular complexity index is 492. The van der Waals surface area contributed by atoms with Crippen LogP contribution in [-0.2, 0) is 0 Å². The quantitative estimate of drug-likeness (QED) is 0.883. The number of nitrogens with zero attached hydrogens (tertiary/aromatic N) is 1. The van der Waals surface area contributed by atoms with Crippen LogP contribution in [0.2, 0.25) is 0 Å². The standard InChI is InChI=1S/C15H21NO5/c1-19-12-6-11(7-13(20-2)14(12)21-3)15(18)16-5-4-10(8-16)9-17/h6-7,10,17H,4-5,8-9H2,1-3H3. The molecule has 0 aliphatic carbocycles. The predicted octanol–water partition coefficient (Wildman–Crippen LogP) is 1.17. The van der Waals surface area contributed by atoms with Gasteiger partial charge in [-0.15, -0.1) is 0 Å². The van der Waals surface area contributed by atoms with Gasteiger partial charge in [0.2, 0.25) is 5.75 Å². The lowest BCUT2D eigenvalue weighted by molar-refractivity contribution is 0.0781. The average Bonchev–Trinajstić information content (AvgIpc) is 3.01. The number of hydrogen-bond donors (Lipinski definition) is 1. The summed E-state index contributed by atoms with van der Waals surface area (Å²) in [6.07, 6.45) is 0.826. The van der Waals surface area contributed by atoms with Crippen LogP contribution < -0.4 is 14.2 Å². The summed E-state index contributed by atoms with van der Waals surface area (Å²) in [5, 5.41) is 9.17. The number of benzene rings is 1. The fraction of sp³-hybridized carbons (Fsp3) is 0.533. The van der Waals surface area contributed by atoms with Crippen molar-refractivity contribution in [3.63, 3.8) is 0 Å². The number of amides is 1. The molecule has 1 fully saturated rings. The normalized spacial score (nSPS) is 17.7. The second-order valence-electron chi connectivity index (χ2n) is 5.00. The maximum Gasteiger partial charge on any atom is 0.254 e. The van der Waals surface area contributed by atoms with Crippen molar-refractivity contribution in [3.05, 3.63) is 17.7 Å². The minimum Gasteiger partial charge on any atom is -0.493 e. The van der Waals surface area contributed by atoms with E-state index >= 15 is 0 Å². The van der Waals surface area contributed by atoms with Crippen LogP contribution in [0.3, 0.4) is 0 Å². The lowest BCUT2D eigenvalue weighted by atomic mass is 10.1. The van der Waals surface area contributed by atoms with Crippen LogP contribution in [0.15, 0.2) is 12.1 Å². The molecule has 6 nitrogen and oxygen atoms in total. The van der Waals surface area contributed by atoms with E-state index in [0.29, 0.717) is 35.9 Å². The van der Waals surface area contributed by atoms with Gasteiger partial charge in [-0.05, 0) is 18.6 Å². The van der Waals surface area contributed by atoms with Crippen molar-refractivity contribution in [2.75, 3.05) is 41.0 Å². The molecule has 1 aliphatic heterocycles. The number of aliphatic hydroxyl groups is 1. The van der Waals surface area contributed by atoms with Crippen LogP contribution in [-0.4, -0.2) is 56.9 Å². The molecule has 1 atom stereocenters. The molecule has 0 radical (unpaired) electrons. The molecule has 116 valence electrons. The van der Waals surface area contributed by atoms with Gasteiger partial charge in [-0.2, -0.15) is 0 Å². The maximum absolute atomic E-state index is 12.5. The molecular formula is C15H21NO5. The molecule has 0 bridgehead atoms. The first-order valence-electron chi connectivity index (χ1n) is 6.84. The number of methoxy groups -OCH3 is 3. The molecule has 6 heteroatoms. The van der Waals surface area contributed by atoms with Gasteiger partial charge in [-0.25, -0.2) is 0 Å². The average molecular weight is 295 g/mol. The van der Waals surface area contributed by atoms with Gasteiger partial charge in [0.1, 0.15) is 0 Å². The Morgan fingerprint density at radius 1 is 1.24 bits per heavy atom. The van der Waals surface area contributed by atoms with E-state index in [2.05, 4.69) is 0 Å². The number of likely N-dealkylation sites (tertiary alicyclic amines) is 1. The number of carbonyl (C=O) groups excluding carboxylic acids is 1. The second kappa shape index (κ2) is 6.67. The fourth-order valence-electron chi connectivity index (χ4n) is 2.55. The molecule has 1 aromatic carbocycles. The zero-order chi connectivity index (χ0) is 15.4. The second-order valence-corrected chi connectivity index (χ2v) is 5.00. The van der Waals surface area contributed by atoms with Crippen molar-refractivity contribution in [2.45, 2.75) is 6.42 Å². The van der Waals surface area contributed by atoms with Crippen LogP contribution >= 0.6 is 0 Å². The number of ether oxygens (including phenoxy) is 3. The number of hydrogen-bond acceptors (Lipinski definition) is 5. The van der Waals surface area contributed by atoms with Gasteiger partial charge in [0, 0.05) is 31.2 Å². The first kappa shape index (κ1) is 15.4. The van der Waals surface area contributed by atoms with Crippen LogP contribution in [0, 0.1) is 5.92 Å². The zero-order valence-electron chi connectivity index (χ0n) is 12.6. The van der Waals surface area contributed by atoms with E-state index in [-0.39, 0.29) is 18.4 Å². The Morgan fingerprint density at radius 3 is 2.29 bits per heavy atom. The summed E-state index contributed by atoms with van der Waals surface area (Å²) in [6, 6.07) is 3.30. The van der Waals surface area contributed by atoms with E-state index in [1.807, 2.05) is 0 Å². The molecule has 1 heterocycles. The van der Waals surface area contributed by atoms with Crippen LogP contribution in [0.5, 0.6) is 17.2 Å². The third-order valence-corrected chi connectivity index (χ3v) is 3.74. The summed E-state index contributed by atoms with van der Waals surface area (Å²) >= 11 is 0. The highest BCUT2D eigenvalue weighted by Crippen LogP contribution is 2.38. The maximum atomic E-state index is 12.5. The SMILES string of the molecule is COc1cc(C(=O)N2CCC(CO)C2)cc(OC)c1OC. The Hall–Kier alpha value is -1.95. The highest BCUT2D eigenvalue weighted by atomic mass is 16.5. The first-order chi connectivity index (χ1) is 10.1. The van der Waals surface area contributed by atoms with E-state index in [0.717, 1.165) is 6.42 Å². The molecule has 1 aromatic rings. The highest BCUT2D eigenvalue weighted by Gasteiger charge is 2.27. The lowest BCUT2D eigenvalue weighted by Gasteiger charge is -2.18. The summed E-state index contributed by atoms with van der Waals surface area (Å²) in [6.45, 7) is 1.34. The van der Waals surface area contributed by atoms with Crippen molar-refractivity contribution in [2.24, 2.45) is 5.92 Å². The minimum absolute atomic E-state index is 0.0924. The number of aliphatic hydroxyl groups excluding tert-OH is 1. The smallest absolute Gasteiger partial charge is 0.254 e. The summed E-state index contributed by atoms with van der Waals surface area (Å²) in [4.78, 5) is 14.3. The molecule has 1 aliphatic rings. The van der Waals surface area contributed by atoms with E-state index < -0.39 is 0 Å². The topological polar surface area (TPSA) is 68.2 Å². The third-order valence-electron chi connectivity index (χ3n) is 3.74. The van der Waals surface area contributed by atoms with E-state index in [1.165, 1.54) is 21.3 Å². The van der Waals surface area contributed by atoms with Gasteiger partial charge >= 0.3 is 0 Å². The zero-order valence-corrected chi connectivity index (χ0v) is 12.6. The molecule has 2 rings (SSSR count). The summed E-state index contributed by atoms with van der Waals surface area (Å²) in [7, 11) is 4.56. The van der Waals surface area contributed by atoms with Crippen LogP contribution in [0.1, 0.15) is 16.8 Å². The van der Waals surface area contributed by atoms with Crippen molar-refractivity contribution < 1.29 is 24.1 Å². The molecule has 21 heavy (non-hydrogen) atoms. The Balaban J connectivity index is 2.29. The van der Waals surface area contributed by atoms with Gasteiger partial charge in [-0.3, -0.25) is 4.79 Å². The molecule has 1 unspecified atom stereocenters. The van der Waals surface area contributed by atoms with Gasteiger partial charge in [0.25, 0.3) is 5.91 Å². The van der Waals surface area contributed by atoms with Crippen molar-refractivity contribution >= 4 is 5.91 Å². The fourth-order valence-corrected chi connectivity index (χ4v) is 2.55. The summed E-state index contributed by atoms with van der Waals surface area (Å²) < 4.78 is 15.8. The number of rotatable bonds is 5. The molecule has 0 saturated carbocycles. The Labute approximate surface area is 124 Å². The summed E-state index contributed by atoms with van der Waals surface area (Å²) in [5.41, 5.74) is 0.489. The van der Waals surface area contributed by atoms with E-state index in [4.69, 9.17) is 14.2 Å². The van der Waals surface area contributed by atoms with Gasteiger partial charge in [0.15, 0.2) is 11.5 Å². The van der Waals surface area contributed by atoms with Gasteiger partial charge in [0.05, 0.1) is 21.3 Å². The van der Waals surface area contributed by atoms with Crippen LogP contribution in [0.25, 0.3) is 0 Å². The van der Waals surface area contributed by atoms with Crippen molar-refractivity contribution in [3.8, 4) is 17.2 Å². The van der Waals surface area contributed by atoms with Crippen molar-refractivity contribution in [1.29, 1.82) is 0 Å². The molecular weight excluding hydrogens is 274 g/mol. The van der Waals surface area contributed by atoms with Gasteiger partial charge in [-0.1, -0.05) is 0 Å². The largest absolute Gasteiger partial charge is 0.493 e. The molecule has 0 aromatic heterocycles. The Kier molecular flexibility index (Phi) is 4.90. The molecule has 0 spiro atoms. The molecule has 1 amide bonds. The molecule has 1 N–H and O–H groups in total. The van der Waals surface area contributed by atoms with Crippen molar-refractivity contribution in [1.82, 2.24) is 4.90 Å². The predicted molar refractivity (Wildman–Crippen MR) is 77.2 cm³/mol. The van der Waals surface area contributed by atoms with Crippen LogP contribution in [0.4, 0.5) is 0 Å². The number of carbonyl (C=O) groups is 1. The van der Waals surface area contributed by atoms with Gasteiger partial charge < -0.3 is 24.2 Å². The van der Waals surface area contributed by atoms with E-state index in [1.54, 1.807) is 17.0 Å². The monoisotopic (exact) mass is 295 g/mol.